The number of aromatic amines is 1. The SMILES string of the molecule is CCOc1cccc(-n2nn[nH]c2=O)c1COc1ccc(P)cc1C. The molecule has 2 aromatic carbocycles. The summed E-state index contributed by atoms with van der Waals surface area (Å²) in [6, 6.07) is 11.3. The zero-order chi connectivity index (χ0) is 17.8. The molecule has 0 saturated heterocycles. The minimum Gasteiger partial charge on any atom is -0.493 e. The second-order valence-corrected chi connectivity index (χ2v) is 6.09. The average Bonchev–Trinajstić information content (AvgIpc) is 3.01. The summed E-state index contributed by atoms with van der Waals surface area (Å²) in [5.74, 6) is 1.42. The van der Waals surface area contributed by atoms with Crippen molar-refractivity contribution >= 4 is 14.5 Å². The van der Waals surface area contributed by atoms with E-state index in [1.165, 1.54) is 4.68 Å². The van der Waals surface area contributed by atoms with Gasteiger partial charge >= 0.3 is 5.69 Å². The maximum Gasteiger partial charge on any atom is 0.365 e. The number of hydrogen-bond donors (Lipinski definition) is 1. The normalized spacial score (nSPS) is 10.7. The molecule has 7 nitrogen and oxygen atoms in total. The number of aryl methyl sites for hydroxylation is 1. The lowest BCUT2D eigenvalue weighted by molar-refractivity contribution is 0.284. The van der Waals surface area contributed by atoms with Crippen molar-refractivity contribution in [1.29, 1.82) is 0 Å². The van der Waals surface area contributed by atoms with Crippen LogP contribution in [0.15, 0.2) is 41.2 Å². The average molecular weight is 358 g/mol. The summed E-state index contributed by atoms with van der Waals surface area (Å²) in [4.78, 5) is 11.9. The molecule has 1 unspecified atom stereocenters. The predicted octanol–water partition coefficient (Wildman–Crippen LogP) is 1.74. The monoisotopic (exact) mass is 358 g/mol. The van der Waals surface area contributed by atoms with E-state index in [0.29, 0.717) is 18.0 Å². The molecule has 8 heteroatoms. The van der Waals surface area contributed by atoms with Crippen molar-refractivity contribution < 1.29 is 9.47 Å². The number of nitrogens with zero attached hydrogens (tertiary/aromatic N) is 3. The van der Waals surface area contributed by atoms with E-state index in [2.05, 4.69) is 24.8 Å². The lowest BCUT2D eigenvalue weighted by atomic mass is 10.1. The number of nitrogens with one attached hydrogen (secondary N) is 1. The van der Waals surface area contributed by atoms with Crippen LogP contribution in [0.5, 0.6) is 11.5 Å². The molecular weight excluding hydrogens is 339 g/mol. The number of tetrazole rings is 1. The van der Waals surface area contributed by atoms with Gasteiger partial charge in [0.15, 0.2) is 0 Å². The number of aromatic nitrogens is 4. The fourth-order valence-corrected chi connectivity index (χ4v) is 2.87. The van der Waals surface area contributed by atoms with Gasteiger partial charge in [-0.3, -0.25) is 0 Å². The van der Waals surface area contributed by atoms with Crippen LogP contribution < -0.4 is 20.5 Å². The Balaban J connectivity index is 1.98. The third kappa shape index (κ3) is 3.72. The molecule has 3 aromatic rings. The molecule has 1 aromatic heterocycles. The number of benzene rings is 2. The van der Waals surface area contributed by atoms with E-state index in [0.717, 1.165) is 22.2 Å². The minimum atomic E-state index is -0.418. The molecule has 1 heterocycles. The van der Waals surface area contributed by atoms with E-state index in [9.17, 15) is 4.79 Å². The number of ether oxygens (including phenoxy) is 2. The molecule has 0 amide bonds. The number of rotatable bonds is 6. The molecule has 0 radical (unpaired) electrons. The van der Waals surface area contributed by atoms with Gasteiger partial charge in [0.2, 0.25) is 0 Å². The molecule has 1 atom stereocenters. The molecule has 0 fully saturated rings. The molecule has 0 aliphatic carbocycles. The highest BCUT2D eigenvalue weighted by molar-refractivity contribution is 7.27. The summed E-state index contributed by atoms with van der Waals surface area (Å²) < 4.78 is 12.9. The first-order valence-electron chi connectivity index (χ1n) is 7.84. The van der Waals surface area contributed by atoms with Crippen molar-refractivity contribution in [3.05, 3.63) is 58.0 Å². The molecule has 0 aliphatic rings. The van der Waals surface area contributed by atoms with E-state index in [1.807, 2.05) is 38.1 Å². The molecular formula is C17H19N4O3P. The summed E-state index contributed by atoms with van der Waals surface area (Å²) >= 11 is 0. The van der Waals surface area contributed by atoms with E-state index in [1.54, 1.807) is 12.1 Å². The highest BCUT2D eigenvalue weighted by Crippen LogP contribution is 2.27. The first-order valence-corrected chi connectivity index (χ1v) is 8.42. The first-order chi connectivity index (χ1) is 12.1. The van der Waals surface area contributed by atoms with E-state index < -0.39 is 5.69 Å². The largest absolute Gasteiger partial charge is 0.493 e. The fraction of sp³-hybridized carbons (Fsp3) is 0.235. The van der Waals surface area contributed by atoms with Crippen molar-refractivity contribution in [3.63, 3.8) is 0 Å². The third-order valence-electron chi connectivity index (χ3n) is 3.68. The molecule has 3 rings (SSSR count). The lowest BCUT2D eigenvalue weighted by Crippen LogP contribution is -2.18. The minimum absolute atomic E-state index is 0.238. The second kappa shape index (κ2) is 7.49. The van der Waals surface area contributed by atoms with Crippen LogP contribution in [0, 0.1) is 6.92 Å². The Labute approximate surface area is 147 Å². The van der Waals surface area contributed by atoms with E-state index in [-0.39, 0.29) is 6.61 Å². The summed E-state index contributed by atoms with van der Waals surface area (Å²) in [5.41, 5.74) is 1.92. The summed E-state index contributed by atoms with van der Waals surface area (Å²) in [6.07, 6.45) is 0. The number of H-pyrrole nitrogens is 1. The Bertz CT molecular complexity index is 936. The van der Waals surface area contributed by atoms with Crippen molar-refractivity contribution in [2.45, 2.75) is 20.5 Å². The van der Waals surface area contributed by atoms with Crippen LogP contribution in [0.3, 0.4) is 0 Å². The molecule has 130 valence electrons. The van der Waals surface area contributed by atoms with Crippen LogP contribution in [0.2, 0.25) is 0 Å². The van der Waals surface area contributed by atoms with Gasteiger partial charge in [-0.15, -0.1) is 9.24 Å². The van der Waals surface area contributed by atoms with Crippen molar-refractivity contribution in [2.75, 3.05) is 6.61 Å². The Morgan fingerprint density at radius 2 is 2.04 bits per heavy atom. The maximum atomic E-state index is 11.9. The van der Waals surface area contributed by atoms with Gasteiger partial charge in [-0.05, 0) is 59.4 Å². The second-order valence-electron chi connectivity index (χ2n) is 5.42. The molecule has 0 aliphatic heterocycles. The molecule has 25 heavy (non-hydrogen) atoms. The van der Waals surface area contributed by atoms with Gasteiger partial charge in [0.25, 0.3) is 0 Å². The van der Waals surface area contributed by atoms with Gasteiger partial charge in [-0.2, -0.15) is 4.68 Å². The van der Waals surface area contributed by atoms with Crippen LogP contribution in [0.4, 0.5) is 0 Å². The third-order valence-corrected chi connectivity index (χ3v) is 4.04. The van der Waals surface area contributed by atoms with Gasteiger partial charge in [0.05, 0.1) is 17.9 Å². The summed E-state index contributed by atoms with van der Waals surface area (Å²) in [7, 11) is 2.66. The maximum absolute atomic E-state index is 11.9. The lowest BCUT2D eigenvalue weighted by Gasteiger charge is -2.16. The van der Waals surface area contributed by atoms with Gasteiger partial charge in [0.1, 0.15) is 18.1 Å². The molecule has 1 N–H and O–H groups in total. The van der Waals surface area contributed by atoms with Crippen molar-refractivity contribution in [3.8, 4) is 17.2 Å². The van der Waals surface area contributed by atoms with Crippen molar-refractivity contribution in [2.24, 2.45) is 0 Å². The van der Waals surface area contributed by atoms with Gasteiger partial charge in [-0.25, -0.2) is 9.89 Å². The van der Waals surface area contributed by atoms with Crippen LogP contribution in [-0.4, -0.2) is 26.8 Å². The topological polar surface area (TPSA) is 82.0 Å². The zero-order valence-electron chi connectivity index (χ0n) is 14.0. The van der Waals surface area contributed by atoms with Gasteiger partial charge in [0, 0.05) is 0 Å². The quantitative estimate of drug-likeness (QED) is 0.679. The predicted molar refractivity (Wildman–Crippen MR) is 98.0 cm³/mol. The standard InChI is InChI=1S/C17H19N4O3P/c1-3-23-16-6-4-5-14(21-17(22)18-19-20-21)13(16)10-24-15-8-7-12(25)9-11(15)2/h4-9H,3,10,25H2,1-2H3,(H,18,20,22). The van der Waals surface area contributed by atoms with Crippen LogP contribution in [0.1, 0.15) is 18.1 Å². The Hall–Kier alpha value is -2.66. The Morgan fingerprint density at radius 1 is 1.20 bits per heavy atom. The van der Waals surface area contributed by atoms with Crippen LogP contribution in [-0.2, 0) is 6.61 Å². The highest BCUT2D eigenvalue weighted by atomic mass is 31.0. The number of hydrogen-bond acceptors (Lipinski definition) is 5. The smallest absolute Gasteiger partial charge is 0.365 e. The molecule has 0 bridgehead atoms. The van der Waals surface area contributed by atoms with Crippen molar-refractivity contribution in [1.82, 2.24) is 20.2 Å². The summed E-state index contributed by atoms with van der Waals surface area (Å²) in [5, 5.41) is 10.8. The Kier molecular flexibility index (Phi) is 5.14. The Morgan fingerprint density at radius 3 is 2.72 bits per heavy atom. The summed E-state index contributed by atoms with van der Waals surface area (Å²) in [6.45, 7) is 4.63. The molecule has 0 saturated carbocycles. The fourth-order valence-electron chi connectivity index (χ4n) is 2.53. The van der Waals surface area contributed by atoms with E-state index >= 15 is 0 Å². The van der Waals surface area contributed by atoms with Crippen LogP contribution >= 0.6 is 9.24 Å². The zero-order valence-corrected chi connectivity index (χ0v) is 15.2. The molecule has 0 spiro atoms. The highest BCUT2D eigenvalue weighted by Gasteiger charge is 2.15. The van der Waals surface area contributed by atoms with Crippen LogP contribution in [0.25, 0.3) is 5.69 Å². The first kappa shape index (κ1) is 17.2. The van der Waals surface area contributed by atoms with Gasteiger partial charge in [-0.1, -0.05) is 12.1 Å². The van der Waals surface area contributed by atoms with E-state index in [4.69, 9.17) is 9.47 Å². The van der Waals surface area contributed by atoms with Gasteiger partial charge < -0.3 is 9.47 Å².